The molecule has 2 rings (SSSR count). The summed E-state index contributed by atoms with van der Waals surface area (Å²) in [5.41, 5.74) is 0.809. The van der Waals surface area contributed by atoms with Gasteiger partial charge in [0, 0.05) is 0 Å². The van der Waals surface area contributed by atoms with Gasteiger partial charge in [-0.05, 0) is 35.3 Å². The molecule has 16 heavy (non-hydrogen) atoms. The zero-order chi connectivity index (χ0) is 11.5. The number of benzene rings is 1. The van der Waals surface area contributed by atoms with Gasteiger partial charge in [0.1, 0.15) is 0 Å². The van der Waals surface area contributed by atoms with Gasteiger partial charge in [-0.25, -0.2) is 0 Å². The lowest BCUT2D eigenvalue weighted by atomic mass is 10.3. The number of aromatic nitrogens is 3. The SMILES string of the molecule is SN(c1ccccc1)c1nc(Cl)nc(Cl)n1. The van der Waals surface area contributed by atoms with Crippen molar-refractivity contribution in [1.82, 2.24) is 15.0 Å². The molecule has 0 atom stereocenters. The highest BCUT2D eigenvalue weighted by Crippen LogP contribution is 2.24. The van der Waals surface area contributed by atoms with Crippen LogP contribution in [-0.2, 0) is 0 Å². The fraction of sp³-hybridized carbons (Fsp3) is 0. The quantitative estimate of drug-likeness (QED) is 0.853. The molecule has 0 amide bonds. The third-order valence-corrected chi connectivity index (χ3v) is 2.51. The first-order valence-electron chi connectivity index (χ1n) is 4.28. The van der Waals surface area contributed by atoms with Crippen LogP contribution in [0.2, 0.25) is 10.6 Å². The van der Waals surface area contributed by atoms with Crippen molar-refractivity contribution in [3.8, 4) is 0 Å². The second-order valence-electron chi connectivity index (χ2n) is 2.82. The van der Waals surface area contributed by atoms with E-state index in [4.69, 9.17) is 23.2 Å². The summed E-state index contributed by atoms with van der Waals surface area (Å²) >= 11 is 15.6. The summed E-state index contributed by atoms with van der Waals surface area (Å²) in [7, 11) is 0. The maximum Gasteiger partial charge on any atom is 0.245 e. The molecule has 0 bridgehead atoms. The fourth-order valence-electron chi connectivity index (χ4n) is 1.10. The van der Waals surface area contributed by atoms with Crippen molar-refractivity contribution in [2.24, 2.45) is 0 Å². The summed E-state index contributed by atoms with van der Waals surface area (Å²) in [6, 6.07) is 9.38. The first kappa shape index (κ1) is 11.4. The van der Waals surface area contributed by atoms with Crippen molar-refractivity contribution >= 4 is 47.7 Å². The van der Waals surface area contributed by atoms with E-state index in [9.17, 15) is 0 Å². The van der Waals surface area contributed by atoms with Crippen LogP contribution in [0.15, 0.2) is 30.3 Å². The number of hydrogen-bond donors (Lipinski definition) is 1. The molecule has 0 aliphatic heterocycles. The fourth-order valence-corrected chi connectivity index (χ4v) is 1.67. The smallest absolute Gasteiger partial charge is 0.245 e. The van der Waals surface area contributed by atoms with Crippen LogP contribution in [0, 0.1) is 0 Å². The largest absolute Gasteiger partial charge is 0.255 e. The molecule has 2 aromatic rings. The molecule has 0 aliphatic carbocycles. The van der Waals surface area contributed by atoms with Crippen molar-refractivity contribution in [2.75, 3.05) is 4.31 Å². The molecule has 4 nitrogen and oxygen atoms in total. The van der Waals surface area contributed by atoms with Crippen LogP contribution in [0.3, 0.4) is 0 Å². The Morgan fingerprint density at radius 2 is 1.50 bits per heavy atom. The van der Waals surface area contributed by atoms with E-state index in [0.717, 1.165) is 5.69 Å². The van der Waals surface area contributed by atoms with Gasteiger partial charge < -0.3 is 0 Å². The summed E-state index contributed by atoms with van der Waals surface area (Å²) in [6.07, 6.45) is 0. The van der Waals surface area contributed by atoms with Crippen LogP contribution < -0.4 is 4.31 Å². The van der Waals surface area contributed by atoms with Crippen molar-refractivity contribution in [3.63, 3.8) is 0 Å². The summed E-state index contributed by atoms with van der Waals surface area (Å²) in [6.45, 7) is 0. The maximum absolute atomic E-state index is 5.67. The van der Waals surface area contributed by atoms with Gasteiger partial charge in [0.25, 0.3) is 0 Å². The predicted octanol–water partition coefficient (Wildman–Crippen LogP) is 3.16. The molecule has 1 heterocycles. The van der Waals surface area contributed by atoms with Gasteiger partial charge in [-0.15, -0.1) is 0 Å². The van der Waals surface area contributed by atoms with E-state index in [1.807, 2.05) is 30.3 Å². The summed E-state index contributed by atoms with van der Waals surface area (Å²) in [4.78, 5) is 11.5. The Morgan fingerprint density at radius 3 is 2.06 bits per heavy atom. The minimum atomic E-state index is 0.0324. The van der Waals surface area contributed by atoms with E-state index in [1.54, 1.807) is 0 Å². The lowest BCUT2D eigenvalue weighted by Gasteiger charge is -2.14. The lowest BCUT2D eigenvalue weighted by Crippen LogP contribution is -2.07. The van der Waals surface area contributed by atoms with Gasteiger partial charge in [-0.3, -0.25) is 4.31 Å². The Kier molecular flexibility index (Phi) is 3.48. The lowest BCUT2D eigenvalue weighted by molar-refractivity contribution is 1.03. The first-order chi connectivity index (χ1) is 7.66. The van der Waals surface area contributed by atoms with Crippen LogP contribution in [0.25, 0.3) is 0 Å². The number of hydrogen-bond acceptors (Lipinski definition) is 5. The number of para-hydroxylation sites is 1. The molecule has 0 spiro atoms. The van der Waals surface area contributed by atoms with Gasteiger partial charge >= 0.3 is 0 Å². The molecule has 0 N–H and O–H groups in total. The number of rotatable bonds is 2. The minimum Gasteiger partial charge on any atom is -0.255 e. The molecule has 1 aromatic carbocycles. The molecule has 7 heteroatoms. The Balaban J connectivity index is 2.37. The van der Waals surface area contributed by atoms with Gasteiger partial charge in [-0.1, -0.05) is 31.0 Å². The summed E-state index contributed by atoms with van der Waals surface area (Å²) < 4.78 is 1.47. The van der Waals surface area contributed by atoms with Crippen LogP contribution in [0.4, 0.5) is 11.6 Å². The second-order valence-corrected chi connectivity index (χ2v) is 3.90. The molecule has 0 fully saturated rings. The van der Waals surface area contributed by atoms with Gasteiger partial charge in [0.05, 0.1) is 5.69 Å². The van der Waals surface area contributed by atoms with E-state index in [0.29, 0.717) is 0 Å². The number of thiol groups is 1. The predicted molar refractivity (Wildman–Crippen MR) is 67.4 cm³/mol. The van der Waals surface area contributed by atoms with Crippen molar-refractivity contribution in [3.05, 3.63) is 40.9 Å². The van der Waals surface area contributed by atoms with E-state index in [2.05, 4.69) is 27.8 Å². The third-order valence-electron chi connectivity index (χ3n) is 1.76. The second kappa shape index (κ2) is 4.86. The normalized spacial score (nSPS) is 10.2. The summed E-state index contributed by atoms with van der Waals surface area (Å²) in [5.74, 6) is 0.277. The van der Waals surface area contributed by atoms with Crippen molar-refractivity contribution in [1.29, 1.82) is 0 Å². The zero-order valence-corrected chi connectivity index (χ0v) is 10.3. The van der Waals surface area contributed by atoms with Crippen molar-refractivity contribution < 1.29 is 0 Å². The molecule has 1 aromatic heterocycles. The first-order valence-corrected chi connectivity index (χ1v) is 5.43. The zero-order valence-electron chi connectivity index (χ0n) is 7.88. The van der Waals surface area contributed by atoms with Gasteiger partial charge in [0.2, 0.25) is 16.5 Å². The van der Waals surface area contributed by atoms with E-state index < -0.39 is 0 Å². The van der Waals surface area contributed by atoms with Gasteiger partial charge in [-0.2, -0.15) is 15.0 Å². The molecule has 0 saturated heterocycles. The summed E-state index contributed by atoms with van der Waals surface area (Å²) in [5, 5.41) is 0.0648. The Hall–Kier alpha value is -1.04. The number of anilines is 2. The molecule has 0 unspecified atom stereocenters. The topological polar surface area (TPSA) is 41.9 Å². The van der Waals surface area contributed by atoms with Crippen molar-refractivity contribution in [2.45, 2.75) is 0 Å². The Labute approximate surface area is 108 Å². The average molecular weight is 273 g/mol. The van der Waals surface area contributed by atoms with Gasteiger partial charge in [0.15, 0.2) is 0 Å². The van der Waals surface area contributed by atoms with Crippen LogP contribution in [0.1, 0.15) is 0 Å². The van der Waals surface area contributed by atoms with E-state index in [-0.39, 0.29) is 16.5 Å². The Morgan fingerprint density at radius 1 is 0.938 bits per heavy atom. The molecule has 82 valence electrons. The molecular weight excluding hydrogens is 267 g/mol. The van der Waals surface area contributed by atoms with E-state index >= 15 is 0 Å². The molecule has 0 radical (unpaired) electrons. The maximum atomic E-state index is 5.67. The number of halogens is 2. The number of nitrogens with zero attached hydrogens (tertiary/aromatic N) is 4. The monoisotopic (exact) mass is 272 g/mol. The Bertz CT molecular complexity index is 474. The minimum absolute atomic E-state index is 0.0324. The molecule has 0 saturated carbocycles. The molecular formula is C9H6Cl2N4S. The highest BCUT2D eigenvalue weighted by molar-refractivity contribution is 7.82. The average Bonchev–Trinajstić information content (AvgIpc) is 2.28. The molecule has 0 aliphatic rings. The van der Waals surface area contributed by atoms with E-state index in [1.165, 1.54) is 4.31 Å². The van der Waals surface area contributed by atoms with Crippen LogP contribution in [-0.4, -0.2) is 15.0 Å². The van der Waals surface area contributed by atoms with Crippen LogP contribution >= 0.6 is 36.0 Å². The highest BCUT2D eigenvalue weighted by atomic mass is 35.5. The third kappa shape index (κ3) is 2.55. The van der Waals surface area contributed by atoms with Crippen LogP contribution in [0.5, 0.6) is 0 Å². The standard InChI is InChI=1S/C9H6Cl2N4S/c10-7-12-8(11)14-9(13-7)15(16)6-4-2-1-3-5-6/h1-5,16H. The highest BCUT2D eigenvalue weighted by Gasteiger charge is 2.10.